The number of amides is 1. The van der Waals surface area contributed by atoms with Crippen LogP contribution >= 0.6 is 11.6 Å². The molecule has 3 rings (SSSR count). The molecule has 1 aliphatic heterocycles. The van der Waals surface area contributed by atoms with Crippen molar-refractivity contribution in [2.75, 3.05) is 6.61 Å². The minimum atomic E-state index is -1.03. The molecule has 1 saturated heterocycles. The van der Waals surface area contributed by atoms with Crippen LogP contribution in [0.4, 0.5) is 0 Å². The highest BCUT2D eigenvalue weighted by Crippen LogP contribution is 2.48. The highest BCUT2D eigenvalue weighted by Gasteiger charge is 2.53. The summed E-state index contributed by atoms with van der Waals surface area (Å²) in [4.78, 5) is 39.3. The first-order chi connectivity index (χ1) is 13.3. The van der Waals surface area contributed by atoms with E-state index in [1.165, 1.54) is 0 Å². The third-order valence-electron chi connectivity index (χ3n) is 5.75. The van der Waals surface area contributed by atoms with Crippen molar-refractivity contribution in [3.63, 3.8) is 0 Å². The van der Waals surface area contributed by atoms with Gasteiger partial charge in [0.2, 0.25) is 5.91 Å². The molecule has 1 aliphatic carbocycles. The Morgan fingerprint density at radius 1 is 1.29 bits per heavy atom. The van der Waals surface area contributed by atoms with Crippen molar-refractivity contribution >= 4 is 29.4 Å². The number of halogens is 1. The standard InChI is InChI=1S/C21H26ClNO5/c1-3-28-19(26)18(14-4-5-14)23-16(13-6-8-15(22)9-7-13)10-11-21(2,20(23)27)12-17(24)25/h6-9,14,16,18H,3-5,10-12H2,1-2H3,(H,24,25)/t16-,18?,21+/m0/s1. The second-order valence-corrected chi connectivity index (χ2v) is 8.42. The molecular formula is C21H26ClNO5. The Bertz CT molecular complexity index is 761. The lowest BCUT2D eigenvalue weighted by molar-refractivity contribution is -0.168. The van der Waals surface area contributed by atoms with Gasteiger partial charge in [-0.1, -0.05) is 30.7 Å². The summed E-state index contributed by atoms with van der Waals surface area (Å²) >= 11 is 6.01. The molecule has 152 valence electrons. The molecular weight excluding hydrogens is 382 g/mol. The lowest BCUT2D eigenvalue weighted by Crippen LogP contribution is -2.57. The zero-order valence-electron chi connectivity index (χ0n) is 16.2. The van der Waals surface area contributed by atoms with E-state index in [9.17, 15) is 19.5 Å². The number of carboxylic acid groups (broad SMARTS) is 1. The van der Waals surface area contributed by atoms with Crippen LogP contribution in [0.2, 0.25) is 5.02 Å². The summed E-state index contributed by atoms with van der Waals surface area (Å²) < 4.78 is 5.29. The normalized spacial score (nSPS) is 26.0. The van der Waals surface area contributed by atoms with Gasteiger partial charge < -0.3 is 14.7 Å². The maximum absolute atomic E-state index is 13.5. The van der Waals surface area contributed by atoms with Crippen LogP contribution in [0.3, 0.4) is 0 Å². The van der Waals surface area contributed by atoms with Gasteiger partial charge in [0.1, 0.15) is 6.04 Å². The van der Waals surface area contributed by atoms with E-state index in [4.69, 9.17) is 16.3 Å². The number of esters is 1. The fraction of sp³-hybridized carbons (Fsp3) is 0.571. The Morgan fingerprint density at radius 3 is 2.46 bits per heavy atom. The first-order valence-corrected chi connectivity index (χ1v) is 10.1. The predicted molar refractivity (Wildman–Crippen MR) is 104 cm³/mol. The Hall–Kier alpha value is -2.08. The van der Waals surface area contributed by atoms with Gasteiger partial charge in [0.05, 0.1) is 24.5 Å². The van der Waals surface area contributed by atoms with Gasteiger partial charge in [0.15, 0.2) is 0 Å². The van der Waals surface area contributed by atoms with Crippen molar-refractivity contribution in [1.82, 2.24) is 4.90 Å². The summed E-state index contributed by atoms with van der Waals surface area (Å²) in [7, 11) is 0. The van der Waals surface area contributed by atoms with Gasteiger partial charge in [-0.15, -0.1) is 0 Å². The monoisotopic (exact) mass is 407 g/mol. The summed E-state index contributed by atoms with van der Waals surface area (Å²) in [5, 5.41) is 9.92. The summed E-state index contributed by atoms with van der Waals surface area (Å²) in [6.45, 7) is 3.66. The van der Waals surface area contributed by atoms with Crippen molar-refractivity contribution in [1.29, 1.82) is 0 Å². The summed E-state index contributed by atoms with van der Waals surface area (Å²) in [5.41, 5.74) is -0.140. The molecule has 0 radical (unpaired) electrons. The largest absolute Gasteiger partial charge is 0.481 e. The van der Waals surface area contributed by atoms with Crippen molar-refractivity contribution in [2.24, 2.45) is 11.3 Å². The number of carbonyl (C=O) groups excluding carboxylic acids is 2. The molecule has 1 N–H and O–H groups in total. The van der Waals surface area contributed by atoms with Crippen LogP contribution in [-0.2, 0) is 19.1 Å². The van der Waals surface area contributed by atoms with Gasteiger partial charge >= 0.3 is 11.9 Å². The smallest absolute Gasteiger partial charge is 0.329 e. The average molecular weight is 408 g/mol. The molecule has 3 atom stereocenters. The topological polar surface area (TPSA) is 83.9 Å². The van der Waals surface area contributed by atoms with Gasteiger partial charge in [-0.05, 0) is 56.2 Å². The molecule has 28 heavy (non-hydrogen) atoms. The van der Waals surface area contributed by atoms with E-state index in [1.807, 2.05) is 12.1 Å². The molecule has 1 aromatic carbocycles. The summed E-state index contributed by atoms with van der Waals surface area (Å²) in [6, 6.07) is 6.27. The highest BCUT2D eigenvalue weighted by atomic mass is 35.5. The van der Waals surface area contributed by atoms with E-state index < -0.39 is 23.4 Å². The lowest BCUT2D eigenvalue weighted by atomic mass is 9.74. The van der Waals surface area contributed by atoms with Gasteiger partial charge in [-0.25, -0.2) is 4.79 Å². The molecule has 7 heteroatoms. The maximum Gasteiger partial charge on any atom is 0.329 e. The molecule has 2 fully saturated rings. The van der Waals surface area contributed by atoms with E-state index in [1.54, 1.807) is 30.9 Å². The fourth-order valence-electron chi connectivity index (χ4n) is 4.16. The van der Waals surface area contributed by atoms with E-state index in [0.29, 0.717) is 17.9 Å². The Kier molecular flexibility index (Phi) is 5.98. The van der Waals surface area contributed by atoms with E-state index >= 15 is 0 Å². The summed E-state index contributed by atoms with van der Waals surface area (Å²) in [5.74, 6) is -1.65. The Labute approximate surface area is 169 Å². The van der Waals surface area contributed by atoms with Crippen molar-refractivity contribution in [2.45, 2.75) is 58.0 Å². The van der Waals surface area contributed by atoms with Crippen LogP contribution in [0.1, 0.15) is 57.6 Å². The van der Waals surface area contributed by atoms with Crippen molar-refractivity contribution in [3.05, 3.63) is 34.9 Å². The number of carbonyl (C=O) groups is 3. The van der Waals surface area contributed by atoms with E-state index in [0.717, 1.165) is 18.4 Å². The third-order valence-corrected chi connectivity index (χ3v) is 6.00. The number of rotatable bonds is 7. The van der Waals surface area contributed by atoms with Crippen molar-refractivity contribution in [3.8, 4) is 0 Å². The Morgan fingerprint density at radius 2 is 1.93 bits per heavy atom. The Balaban J connectivity index is 2.01. The van der Waals surface area contributed by atoms with Crippen LogP contribution in [0, 0.1) is 11.3 Å². The molecule has 6 nitrogen and oxygen atoms in total. The zero-order chi connectivity index (χ0) is 20.5. The van der Waals surface area contributed by atoms with Gasteiger partial charge in [0, 0.05) is 5.02 Å². The van der Waals surface area contributed by atoms with E-state index in [-0.39, 0.29) is 30.9 Å². The molecule has 0 bridgehead atoms. The van der Waals surface area contributed by atoms with E-state index in [2.05, 4.69) is 0 Å². The first-order valence-electron chi connectivity index (χ1n) is 9.73. The number of nitrogens with zero attached hydrogens (tertiary/aromatic N) is 1. The molecule has 1 unspecified atom stereocenters. The number of aliphatic carboxylic acids is 1. The van der Waals surface area contributed by atoms with Gasteiger partial charge in [-0.2, -0.15) is 0 Å². The van der Waals surface area contributed by atoms with Crippen LogP contribution in [0.25, 0.3) is 0 Å². The minimum absolute atomic E-state index is 0.0602. The van der Waals surface area contributed by atoms with Crippen LogP contribution in [-0.4, -0.2) is 40.5 Å². The van der Waals surface area contributed by atoms with Crippen molar-refractivity contribution < 1.29 is 24.2 Å². The summed E-state index contributed by atoms with van der Waals surface area (Å²) in [6.07, 6.45) is 2.49. The van der Waals surface area contributed by atoms with Gasteiger partial charge in [-0.3, -0.25) is 9.59 Å². The number of likely N-dealkylation sites (tertiary alicyclic amines) is 1. The second-order valence-electron chi connectivity index (χ2n) is 7.98. The maximum atomic E-state index is 13.5. The molecule has 0 aromatic heterocycles. The molecule has 0 spiro atoms. The first kappa shape index (κ1) is 20.6. The number of piperidine rings is 1. The number of benzene rings is 1. The van der Waals surface area contributed by atoms with Crippen LogP contribution in [0.5, 0.6) is 0 Å². The predicted octanol–water partition coefficient (Wildman–Crippen LogP) is 3.83. The highest BCUT2D eigenvalue weighted by molar-refractivity contribution is 6.30. The molecule has 2 aliphatic rings. The van der Waals surface area contributed by atoms with Crippen LogP contribution in [0.15, 0.2) is 24.3 Å². The number of hydrogen-bond donors (Lipinski definition) is 1. The molecule has 1 aromatic rings. The fourth-order valence-corrected chi connectivity index (χ4v) is 4.28. The number of carboxylic acids is 1. The lowest BCUT2D eigenvalue weighted by Gasteiger charge is -2.47. The zero-order valence-corrected chi connectivity index (χ0v) is 16.9. The molecule has 1 saturated carbocycles. The molecule has 1 amide bonds. The quantitative estimate of drug-likeness (QED) is 0.694. The number of hydrogen-bond acceptors (Lipinski definition) is 4. The van der Waals surface area contributed by atoms with Gasteiger partial charge in [0.25, 0.3) is 0 Å². The molecule has 1 heterocycles. The SMILES string of the molecule is CCOC(=O)C(C1CC1)N1C(=O)[C@@](C)(CC(=O)O)CC[C@H]1c1ccc(Cl)cc1. The van der Waals surface area contributed by atoms with Crippen LogP contribution < -0.4 is 0 Å². The second kappa shape index (κ2) is 8.11. The average Bonchev–Trinajstić information content (AvgIpc) is 3.45. The number of ether oxygens (including phenoxy) is 1. The third kappa shape index (κ3) is 4.17. The minimum Gasteiger partial charge on any atom is -0.481 e.